The van der Waals surface area contributed by atoms with Crippen LogP contribution < -0.4 is 14.2 Å². The number of hydrogen-bond donors (Lipinski definition) is 0. The second-order valence-corrected chi connectivity index (χ2v) is 5.81. The summed E-state index contributed by atoms with van der Waals surface area (Å²) in [4.78, 5) is 25.3. The number of rotatable bonds is 8. The molecule has 2 aromatic carbocycles. The zero-order valence-corrected chi connectivity index (χ0v) is 15.4. The van der Waals surface area contributed by atoms with Gasteiger partial charge in [0.15, 0.2) is 23.9 Å². The Morgan fingerprint density at radius 1 is 0.962 bits per heavy atom. The first-order chi connectivity index (χ1) is 12.4. The number of methoxy groups -OCH3 is 2. The van der Waals surface area contributed by atoms with Crippen molar-refractivity contribution in [3.63, 3.8) is 0 Å². The van der Waals surface area contributed by atoms with Crippen LogP contribution in [-0.4, -0.2) is 44.5 Å². The fourth-order valence-electron chi connectivity index (χ4n) is 2.35. The lowest BCUT2D eigenvalue weighted by Gasteiger charge is -2.18. The second kappa shape index (κ2) is 8.89. The van der Waals surface area contributed by atoms with Crippen molar-refractivity contribution < 1.29 is 23.8 Å². The maximum absolute atomic E-state index is 12.3. The highest BCUT2D eigenvalue weighted by Gasteiger charge is 2.13. The molecule has 1 amide bonds. The lowest BCUT2D eigenvalue weighted by Crippen LogP contribution is -2.31. The third-order valence-corrected chi connectivity index (χ3v) is 3.93. The van der Waals surface area contributed by atoms with E-state index >= 15 is 0 Å². The van der Waals surface area contributed by atoms with Crippen LogP contribution in [0, 0.1) is 0 Å². The van der Waals surface area contributed by atoms with E-state index < -0.39 is 0 Å². The molecule has 0 aromatic heterocycles. The van der Waals surface area contributed by atoms with Crippen molar-refractivity contribution in [2.45, 2.75) is 13.5 Å². The van der Waals surface area contributed by atoms with Crippen LogP contribution in [-0.2, 0) is 11.3 Å². The Morgan fingerprint density at radius 3 is 2.23 bits per heavy atom. The molecule has 2 rings (SSSR count). The van der Waals surface area contributed by atoms with E-state index in [0.29, 0.717) is 23.6 Å². The van der Waals surface area contributed by atoms with Gasteiger partial charge in [0.2, 0.25) is 0 Å². The number of benzene rings is 2. The molecule has 26 heavy (non-hydrogen) atoms. The van der Waals surface area contributed by atoms with Crippen LogP contribution in [0.3, 0.4) is 0 Å². The highest BCUT2D eigenvalue weighted by molar-refractivity contribution is 5.94. The summed E-state index contributed by atoms with van der Waals surface area (Å²) >= 11 is 0. The van der Waals surface area contributed by atoms with Gasteiger partial charge in [-0.25, -0.2) is 0 Å². The van der Waals surface area contributed by atoms with Gasteiger partial charge in [-0.05, 0) is 42.8 Å². The van der Waals surface area contributed by atoms with E-state index in [1.54, 1.807) is 37.3 Å². The summed E-state index contributed by atoms with van der Waals surface area (Å²) in [7, 11) is 4.81. The van der Waals surface area contributed by atoms with Crippen LogP contribution in [0.5, 0.6) is 17.2 Å². The number of likely N-dealkylation sites (N-methyl/N-ethyl adjacent to an activating group) is 1. The minimum atomic E-state index is -0.168. The molecule has 0 fully saturated rings. The quantitative estimate of drug-likeness (QED) is 0.680. The van der Waals surface area contributed by atoms with E-state index in [9.17, 15) is 9.59 Å². The molecule has 0 heterocycles. The average molecular weight is 357 g/mol. The van der Waals surface area contributed by atoms with Crippen molar-refractivity contribution in [2.24, 2.45) is 0 Å². The number of carbonyl (C=O) groups is 2. The van der Waals surface area contributed by atoms with Crippen molar-refractivity contribution in [1.82, 2.24) is 4.90 Å². The standard InChI is InChI=1S/C20H23NO5/c1-14(22)16-7-10-18(19(11-16)25-4)26-13-20(23)21(2)12-15-5-8-17(24-3)9-6-15/h5-11H,12-13H2,1-4H3. The predicted molar refractivity (Wildman–Crippen MR) is 98.0 cm³/mol. The minimum Gasteiger partial charge on any atom is -0.497 e. The van der Waals surface area contributed by atoms with Crippen molar-refractivity contribution in [3.05, 3.63) is 53.6 Å². The summed E-state index contributed by atoms with van der Waals surface area (Å²) < 4.78 is 15.9. The Balaban J connectivity index is 1.95. The molecule has 0 unspecified atom stereocenters. The van der Waals surface area contributed by atoms with Gasteiger partial charge in [-0.2, -0.15) is 0 Å². The molecule has 6 heteroatoms. The zero-order chi connectivity index (χ0) is 19.1. The van der Waals surface area contributed by atoms with Crippen LogP contribution >= 0.6 is 0 Å². The monoisotopic (exact) mass is 357 g/mol. The summed E-state index contributed by atoms with van der Waals surface area (Å²) in [6.45, 7) is 1.82. The molecule has 0 spiro atoms. The van der Waals surface area contributed by atoms with Crippen molar-refractivity contribution in [1.29, 1.82) is 0 Å². The molecule has 0 aliphatic heterocycles. The lowest BCUT2D eigenvalue weighted by molar-refractivity contribution is -0.132. The Bertz CT molecular complexity index is 770. The molecular weight excluding hydrogens is 334 g/mol. The van der Waals surface area contributed by atoms with Gasteiger partial charge >= 0.3 is 0 Å². The van der Waals surface area contributed by atoms with Crippen LogP contribution in [0.4, 0.5) is 0 Å². The van der Waals surface area contributed by atoms with E-state index in [4.69, 9.17) is 14.2 Å². The molecule has 2 aromatic rings. The topological polar surface area (TPSA) is 65.1 Å². The summed E-state index contributed by atoms with van der Waals surface area (Å²) in [5.74, 6) is 1.38. The molecule has 0 atom stereocenters. The van der Waals surface area contributed by atoms with Gasteiger partial charge in [-0.1, -0.05) is 12.1 Å². The van der Waals surface area contributed by atoms with Gasteiger partial charge in [-0.15, -0.1) is 0 Å². The average Bonchev–Trinajstić information content (AvgIpc) is 2.66. The van der Waals surface area contributed by atoms with Crippen molar-refractivity contribution in [2.75, 3.05) is 27.9 Å². The molecular formula is C20H23NO5. The first-order valence-corrected chi connectivity index (χ1v) is 8.13. The minimum absolute atomic E-state index is 0.0647. The summed E-state index contributed by atoms with van der Waals surface area (Å²) in [5.41, 5.74) is 1.52. The highest BCUT2D eigenvalue weighted by atomic mass is 16.5. The van der Waals surface area contributed by atoms with Crippen LogP contribution in [0.2, 0.25) is 0 Å². The van der Waals surface area contributed by atoms with Crippen molar-refractivity contribution in [3.8, 4) is 17.2 Å². The van der Waals surface area contributed by atoms with E-state index in [-0.39, 0.29) is 18.3 Å². The SMILES string of the molecule is COc1ccc(CN(C)C(=O)COc2ccc(C(C)=O)cc2OC)cc1. The zero-order valence-electron chi connectivity index (χ0n) is 15.4. The number of Topliss-reactive ketones (excluding diaryl/α,β-unsaturated/α-hetero) is 1. The van der Waals surface area contributed by atoms with Gasteiger partial charge in [0.25, 0.3) is 5.91 Å². The van der Waals surface area contributed by atoms with E-state index in [2.05, 4.69) is 0 Å². The number of amides is 1. The van der Waals surface area contributed by atoms with Crippen LogP contribution in [0.1, 0.15) is 22.8 Å². The Morgan fingerprint density at radius 2 is 1.65 bits per heavy atom. The Hall–Kier alpha value is -3.02. The molecule has 6 nitrogen and oxygen atoms in total. The maximum atomic E-state index is 12.3. The molecule has 0 N–H and O–H groups in total. The fourth-order valence-corrected chi connectivity index (χ4v) is 2.35. The molecule has 0 bridgehead atoms. The van der Waals surface area contributed by atoms with E-state index in [0.717, 1.165) is 11.3 Å². The number of hydrogen-bond acceptors (Lipinski definition) is 5. The molecule has 0 radical (unpaired) electrons. The largest absolute Gasteiger partial charge is 0.497 e. The first-order valence-electron chi connectivity index (χ1n) is 8.13. The van der Waals surface area contributed by atoms with Gasteiger partial charge in [0, 0.05) is 19.2 Å². The smallest absolute Gasteiger partial charge is 0.260 e. The Kier molecular flexibility index (Phi) is 6.60. The van der Waals surface area contributed by atoms with Gasteiger partial charge < -0.3 is 19.1 Å². The Labute approximate surface area is 153 Å². The number of carbonyl (C=O) groups excluding carboxylic acids is 2. The molecule has 0 saturated carbocycles. The molecule has 0 saturated heterocycles. The summed E-state index contributed by atoms with van der Waals surface area (Å²) in [6, 6.07) is 12.4. The van der Waals surface area contributed by atoms with Gasteiger partial charge in [0.1, 0.15) is 5.75 Å². The summed E-state index contributed by atoms with van der Waals surface area (Å²) in [5, 5.41) is 0. The van der Waals surface area contributed by atoms with Crippen LogP contribution in [0.25, 0.3) is 0 Å². The molecule has 0 aliphatic rings. The third-order valence-electron chi connectivity index (χ3n) is 3.93. The number of ether oxygens (including phenoxy) is 3. The molecule has 0 aliphatic carbocycles. The fraction of sp³-hybridized carbons (Fsp3) is 0.300. The summed E-state index contributed by atoms with van der Waals surface area (Å²) in [6.07, 6.45) is 0. The van der Waals surface area contributed by atoms with Crippen molar-refractivity contribution >= 4 is 11.7 Å². The number of nitrogens with zero attached hydrogens (tertiary/aromatic N) is 1. The highest BCUT2D eigenvalue weighted by Crippen LogP contribution is 2.28. The number of ketones is 1. The van der Waals surface area contributed by atoms with E-state index in [1.807, 2.05) is 24.3 Å². The van der Waals surface area contributed by atoms with Crippen LogP contribution in [0.15, 0.2) is 42.5 Å². The molecule has 138 valence electrons. The lowest BCUT2D eigenvalue weighted by atomic mass is 10.1. The normalized spacial score (nSPS) is 10.2. The van der Waals surface area contributed by atoms with Gasteiger partial charge in [-0.3, -0.25) is 9.59 Å². The maximum Gasteiger partial charge on any atom is 0.260 e. The third kappa shape index (κ3) is 4.99. The second-order valence-electron chi connectivity index (χ2n) is 5.81. The predicted octanol–water partition coefficient (Wildman–Crippen LogP) is 2.94. The van der Waals surface area contributed by atoms with Gasteiger partial charge in [0.05, 0.1) is 14.2 Å². The van der Waals surface area contributed by atoms with E-state index in [1.165, 1.54) is 14.0 Å². The first kappa shape index (κ1) is 19.3.